The maximum atomic E-state index is 12.1. The summed E-state index contributed by atoms with van der Waals surface area (Å²) >= 11 is 0. The molecule has 2 aromatic heterocycles. The number of carbonyl (C=O) groups excluding carboxylic acids is 2. The van der Waals surface area contributed by atoms with Crippen molar-refractivity contribution in [3.05, 3.63) is 35.8 Å². The van der Waals surface area contributed by atoms with Crippen molar-refractivity contribution < 1.29 is 14.0 Å². The number of hydrogen-bond donors (Lipinski definition) is 1. The first-order valence-electron chi connectivity index (χ1n) is 6.91. The summed E-state index contributed by atoms with van der Waals surface area (Å²) in [6, 6.07) is 3.10. The molecule has 1 aliphatic heterocycles. The van der Waals surface area contributed by atoms with Crippen LogP contribution in [0.15, 0.2) is 22.8 Å². The molecule has 1 amide bonds. The van der Waals surface area contributed by atoms with Crippen molar-refractivity contribution in [2.45, 2.75) is 25.7 Å². The number of likely N-dealkylation sites (tertiary alicyclic amines) is 1. The summed E-state index contributed by atoms with van der Waals surface area (Å²) in [6.07, 6.45) is 2.90. The first-order chi connectivity index (χ1) is 10.1. The predicted octanol–water partition coefficient (Wildman–Crippen LogP) is 1.30. The van der Waals surface area contributed by atoms with Crippen LogP contribution in [0, 0.1) is 6.92 Å². The first-order valence-corrected chi connectivity index (χ1v) is 6.91. The van der Waals surface area contributed by atoms with Crippen molar-refractivity contribution in [3.63, 3.8) is 0 Å². The van der Waals surface area contributed by atoms with Crippen LogP contribution >= 0.6 is 0 Å². The van der Waals surface area contributed by atoms with Crippen LogP contribution in [0.5, 0.6) is 0 Å². The molecular formula is C14H16N4O3. The van der Waals surface area contributed by atoms with E-state index in [1.165, 1.54) is 12.3 Å². The zero-order chi connectivity index (χ0) is 14.8. The monoisotopic (exact) mass is 288 g/mol. The molecule has 2 aromatic rings. The SMILES string of the molecule is Cc1nc(C2CCN(C(=O)C(=O)c3ccco3)CC2)n[nH]1. The highest BCUT2D eigenvalue weighted by Gasteiger charge is 2.30. The number of carbonyl (C=O) groups is 2. The maximum absolute atomic E-state index is 12.1. The number of Topliss-reactive ketones (excluding diaryl/α,β-unsaturated/α-hetero) is 1. The van der Waals surface area contributed by atoms with Crippen LogP contribution in [0.1, 0.15) is 41.0 Å². The molecule has 0 bridgehead atoms. The molecule has 1 fully saturated rings. The zero-order valence-corrected chi connectivity index (χ0v) is 11.7. The third kappa shape index (κ3) is 2.72. The number of furan rings is 1. The van der Waals surface area contributed by atoms with Crippen LogP contribution in [-0.2, 0) is 4.79 Å². The van der Waals surface area contributed by atoms with Crippen molar-refractivity contribution in [1.82, 2.24) is 20.1 Å². The van der Waals surface area contributed by atoms with Gasteiger partial charge in [0.05, 0.1) is 6.26 Å². The van der Waals surface area contributed by atoms with E-state index in [1.54, 1.807) is 11.0 Å². The van der Waals surface area contributed by atoms with Crippen molar-refractivity contribution in [1.29, 1.82) is 0 Å². The molecular weight excluding hydrogens is 272 g/mol. The zero-order valence-electron chi connectivity index (χ0n) is 11.7. The lowest BCUT2D eigenvalue weighted by atomic mass is 9.96. The Balaban J connectivity index is 1.60. The molecule has 1 saturated heterocycles. The number of amides is 1. The minimum atomic E-state index is -0.591. The first kappa shape index (κ1) is 13.5. The Kier molecular flexibility index (Phi) is 3.55. The van der Waals surface area contributed by atoms with Gasteiger partial charge in [-0.05, 0) is 31.9 Å². The smallest absolute Gasteiger partial charge is 0.298 e. The Hall–Kier alpha value is -2.44. The molecule has 0 aliphatic carbocycles. The summed E-state index contributed by atoms with van der Waals surface area (Å²) in [4.78, 5) is 30.0. The number of aromatic nitrogens is 3. The van der Waals surface area contributed by atoms with E-state index in [1.807, 2.05) is 6.92 Å². The van der Waals surface area contributed by atoms with Crippen LogP contribution < -0.4 is 0 Å². The number of nitrogens with zero attached hydrogens (tertiary/aromatic N) is 3. The fourth-order valence-electron chi connectivity index (χ4n) is 2.54. The van der Waals surface area contributed by atoms with Gasteiger partial charge in [0.15, 0.2) is 11.6 Å². The number of rotatable bonds is 3. The summed E-state index contributed by atoms with van der Waals surface area (Å²) in [5, 5.41) is 6.99. The minimum absolute atomic E-state index is 0.0896. The summed E-state index contributed by atoms with van der Waals surface area (Å²) in [5.74, 6) is 0.805. The summed E-state index contributed by atoms with van der Waals surface area (Å²) in [7, 11) is 0. The van der Waals surface area contributed by atoms with Gasteiger partial charge in [0, 0.05) is 19.0 Å². The maximum Gasteiger partial charge on any atom is 0.298 e. The third-order valence-corrected chi connectivity index (χ3v) is 3.70. The van der Waals surface area contributed by atoms with E-state index in [-0.39, 0.29) is 11.7 Å². The highest BCUT2D eigenvalue weighted by Crippen LogP contribution is 2.25. The summed E-state index contributed by atoms with van der Waals surface area (Å²) < 4.78 is 4.98. The molecule has 0 aromatic carbocycles. The van der Waals surface area contributed by atoms with E-state index in [4.69, 9.17) is 4.42 Å². The number of ketones is 1. The Morgan fingerprint density at radius 3 is 2.71 bits per heavy atom. The predicted molar refractivity (Wildman–Crippen MR) is 72.7 cm³/mol. The van der Waals surface area contributed by atoms with Gasteiger partial charge >= 0.3 is 0 Å². The van der Waals surface area contributed by atoms with Gasteiger partial charge in [-0.1, -0.05) is 0 Å². The fourth-order valence-corrected chi connectivity index (χ4v) is 2.54. The van der Waals surface area contributed by atoms with Gasteiger partial charge in [0.1, 0.15) is 5.82 Å². The average Bonchev–Trinajstić information content (AvgIpc) is 3.17. The van der Waals surface area contributed by atoms with Crippen LogP contribution in [0.4, 0.5) is 0 Å². The van der Waals surface area contributed by atoms with Gasteiger partial charge in [0.2, 0.25) is 0 Å². The molecule has 0 spiro atoms. The van der Waals surface area contributed by atoms with Crippen LogP contribution in [0.2, 0.25) is 0 Å². The molecule has 0 saturated carbocycles. The van der Waals surface area contributed by atoms with E-state index in [0.717, 1.165) is 24.5 Å². The van der Waals surface area contributed by atoms with Crippen molar-refractivity contribution >= 4 is 11.7 Å². The van der Waals surface area contributed by atoms with Crippen LogP contribution in [0.25, 0.3) is 0 Å². The van der Waals surface area contributed by atoms with E-state index in [9.17, 15) is 9.59 Å². The second-order valence-corrected chi connectivity index (χ2v) is 5.15. The molecule has 1 N–H and O–H groups in total. The second-order valence-electron chi connectivity index (χ2n) is 5.15. The standard InChI is InChI=1S/C14H16N4O3/c1-9-15-13(17-16-9)10-4-6-18(7-5-10)14(20)12(19)11-3-2-8-21-11/h2-3,8,10H,4-7H2,1H3,(H,15,16,17). The number of nitrogens with one attached hydrogen (secondary N) is 1. The fraction of sp³-hybridized carbons (Fsp3) is 0.429. The summed E-state index contributed by atoms with van der Waals surface area (Å²) in [6.45, 7) is 2.92. The van der Waals surface area contributed by atoms with Gasteiger partial charge in [-0.2, -0.15) is 5.10 Å². The summed E-state index contributed by atoms with van der Waals surface area (Å²) in [5.41, 5.74) is 0. The van der Waals surface area contributed by atoms with Gasteiger partial charge < -0.3 is 9.32 Å². The number of aryl methyl sites for hydroxylation is 1. The molecule has 21 heavy (non-hydrogen) atoms. The van der Waals surface area contributed by atoms with E-state index >= 15 is 0 Å². The van der Waals surface area contributed by atoms with Crippen molar-refractivity contribution in [2.75, 3.05) is 13.1 Å². The lowest BCUT2D eigenvalue weighted by Gasteiger charge is -2.30. The van der Waals surface area contributed by atoms with Crippen LogP contribution in [-0.4, -0.2) is 44.9 Å². The largest absolute Gasteiger partial charge is 0.461 e. The van der Waals surface area contributed by atoms with Gasteiger partial charge in [-0.3, -0.25) is 14.7 Å². The van der Waals surface area contributed by atoms with Gasteiger partial charge in [-0.15, -0.1) is 0 Å². The highest BCUT2D eigenvalue weighted by atomic mass is 16.3. The molecule has 0 radical (unpaired) electrons. The minimum Gasteiger partial charge on any atom is -0.461 e. The number of piperidine rings is 1. The normalized spacial score (nSPS) is 16.1. The van der Waals surface area contributed by atoms with E-state index in [0.29, 0.717) is 13.1 Å². The topological polar surface area (TPSA) is 92.1 Å². The molecule has 1 aliphatic rings. The van der Waals surface area contributed by atoms with Gasteiger partial charge in [-0.25, -0.2) is 4.98 Å². The lowest BCUT2D eigenvalue weighted by molar-refractivity contribution is -0.127. The number of aromatic amines is 1. The van der Waals surface area contributed by atoms with E-state index in [2.05, 4.69) is 15.2 Å². The Labute approximate surface area is 121 Å². The quantitative estimate of drug-likeness (QED) is 0.678. The molecule has 3 heterocycles. The average molecular weight is 288 g/mol. The van der Waals surface area contributed by atoms with Gasteiger partial charge in [0.25, 0.3) is 11.7 Å². The van der Waals surface area contributed by atoms with Crippen molar-refractivity contribution in [2.24, 2.45) is 0 Å². The van der Waals surface area contributed by atoms with Crippen LogP contribution in [0.3, 0.4) is 0 Å². The van der Waals surface area contributed by atoms with Crippen molar-refractivity contribution in [3.8, 4) is 0 Å². The number of hydrogen-bond acceptors (Lipinski definition) is 5. The Bertz CT molecular complexity index is 639. The lowest BCUT2D eigenvalue weighted by Crippen LogP contribution is -2.41. The Morgan fingerprint density at radius 1 is 1.38 bits per heavy atom. The molecule has 0 atom stereocenters. The molecule has 7 heteroatoms. The third-order valence-electron chi connectivity index (χ3n) is 3.70. The molecule has 7 nitrogen and oxygen atoms in total. The highest BCUT2D eigenvalue weighted by molar-refractivity contribution is 6.41. The number of H-pyrrole nitrogens is 1. The van der Waals surface area contributed by atoms with E-state index < -0.39 is 11.7 Å². The molecule has 0 unspecified atom stereocenters. The Morgan fingerprint density at radius 2 is 2.14 bits per heavy atom. The second kappa shape index (κ2) is 5.51. The molecule has 3 rings (SSSR count). The molecule has 110 valence electrons.